The van der Waals surface area contributed by atoms with Gasteiger partial charge in [-0.15, -0.1) is 0 Å². The van der Waals surface area contributed by atoms with Gasteiger partial charge in [-0.1, -0.05) is 148 Å². The third kappa shape index (κ3) is 40.9. The topological polar surface area (TPSA) is 698 Å². The normalized spacial score (nSPS) is 16.6. The van der Waals surface area contributed by atoms with Crippen LogP contribution in [0, 0.1) is 47.3 Å². The molecule has 43 nitrogen and oxygen atoms in total. The molecule has 0 radical (unpaired) electrons. The van der Waals surface area contributed by atoms with E-state index in [0.717, 1.165) is 4.90 Å². The Bertz CT molecular complexity index is 3950. The minimum absolute atomic E-state index is 0.00269. The van der Waals surface area contributed by atoms with E-state index < -0.39 is 241 Å². The van der Waals surface area contributed by atoms with Crippen molar-refractivity contribution in [2.45, 2.75) is 317 Å². The smallest absolute Gasteiger partial charge is 0.326 e. The molecule has 0 saturated carbocycles. The number of hydrogen-bond donors (Lipinski definition) is 23. The number of aliphatic hydroxyl groups is 2. The van der Waals surface area contributed by atoms with Crippen molar-refractivity contribution < 1.29 is 102 Å². The molecule has 1 saturated heterocycles. The van der Waals surface area contributed by atoms with Gasteiger partial charge >= 0.3 is 11.9 Å². The molecular weight excluding hydrogens is 1680 g/mol. The van der Waals surface area contributed by atoms with Gasteiger partial charge in [-0.2, -0.15) is 0 Å². The summed E-state index contributed by atoms with van der Waals surface area (Å²) in [5, 5.41) is 77.4. The Balaban J connectivity index is 2.50. The molecule has 2 rings (SSSR count). The summed E-state index contributed by atoms with van der Waals surface area (Å²) >= 11 is 0. The Morgan fingerprint density at radius 1 is 0.411 bits per heavy atom. The van der Waals surface area contributed by atoms with E-state index >= 15 is 0 Å². The van der Waals surface area contributed by atoms with Crippen LogP contribution < -0.4 is 103 Å². The summed E-state index contributed by atoms with van der Waals surface area (Å²) in [5.74, 6) is -19.8. The highest BCUT2D eigenvalue weighted by Crippen LogP contribution is 2.22. The number of likely N-dealkylation sites (tertiary alicyclic amines) is 1. The number of carboxylic acids is 2. The number of carbonyl (C=O) groups is 17. The SMILES string of the molecule is CC[C@H](C)[C@H](NC(=O)[C@H](CC(C)C)NC(=O)[C@@H](NC(=O)[C@H](C)NC(=O)[C@@H](NC(=O)[C@H](CCCN=C(N)N)NC(=O)[C@@H](N)C(C)C)[C@@H](C)O)C(C)C)C(=O)N[C@@H](CC(C)C)C(=O)N[C@@H](CC(C)C)C(=O)N[C@@H](CC(C)C)C(=O)N[C@H](C(=O)N[C@@H](CCCN=C(N)N)C(=O)N[C@@H](Cc1ccccc1)C(=O)N[C@@H](CO)C(=O)N[C@@H](CCC(=O)O)C(=O)N1CCC[C@H]1C(=O)O)C(C)C. The zero-order valence-electron chi connectivity index (χ0n) is 78.0. The van der Waals surface area contributed by atoms with Crippen LogP contribution in [0.4, 0.5) is 0 Å². The molecule has 129 heavy (non-hydrogen) atoms. The lowest BCUT2D eigenvalue weighted by Gasteiger charge is -2.31. The molecule has 0 unspecified atom stereocenters. The lowest BCUT2D eigenvalue weighted by molar-refractivity contribution is -0.150. The number of rotatable bonds is 58. The first-order valence-corrected chi connectivity index (χ1v) is 44.4. The number of guanidine groups is 2. The standard InChI is InChI=1S/C86H148N22O21/c1-19-49(16)67(106-76(120)59(39-45(8)9)101-80(124)65(47(12)13)104-69(113)50(17)94-82(126)68(51(18)110)107-71(115)54(29-24-34-93-86(90)91)95-78(122)64(87)46(10)11)81(125)102-57(37-43(4)5)73(117)98-56(36-42(2)3)72(116)99-58(38-44(6)7)75(119)105-66(48(14)15)79(123)96-53(28-23-33-92-85(88)89)70(114)100-60(40-52-26-21-20-22-27-52)74(118)103-61(41-109)77(121)97-55(31-32-63(111)112)83(127)108-35-25-30-62(108)84(128)129/h20-22,26-27,42-51,53-62,64-68,109-110H,19,23-25,28-41,87H2,1-18H3,(H,94,126)(H,95,122)(H,96,123)(H,97,121)(H,98,117)(H,99,116)(H,100,114)(H,101,124)(H,102,125)(H,103,118)(H,104,113)(H,105,119)(H,106,120)(H,107,115)(H,111,112)(H,128,129)(H4,88,89,92)(H4,90,91,93)/t49-,50-,51+,53-,54-,55-,56-,57-,58-,59-,60-,61-,62-,64-,65-,66-,67-,68-/m0/s1. The van der Waals surface area contributed by atoms with Gasteiger partial charge in [0.15, 0.2) is 11.9 Å². The molecular formula is C86H148N22O21. The van der Waals surface area contributed by atoms with Crippen molar-refractivity contribution in [3.8, 4) is 0 Å². The van der Waals surface area contributed by atoms with Crippen molar-refractivity contribution in [2.24, 2.45) is 86.0 Å². The van der Waals surface area contributed by atoms with Crippen LogP contribution in [0.1, 0.15) is 214 Å². The molecule has 0 spiro atoms. The first kappa shape index (κ1) is 114. The third-order valence-electron chi connectivity index (χ3n) is 21.5. The predicted octanol–water partition coefficient (Wildman–Crippen LogP) is -3.02. The van der Waals surface area contributed by atoms with Crippen LogP contribution in [0.5, 0.6) is 0 Å². The van der Waals surface area contributed by atoms with E-state index in [1.165, 1.54) is 13.8 Å². The molecule has 0 aliphatic carbocycles. The maximum absolute atomic E-state index is 14.8. The van der Waals surface area contributed by atoms with Gasteiger partial charge < -0.3 is 128 Å². The molecule has 0 bridgehead atoms. The number of amides is 15. The second-order valence-electron chi connectivity index (χ2n) is 35.9. The number of nitrogens with one attached hydrogen (secondary N) is 14. The number of carboxylic acid groups (broad SMARTS) is 2. The molecule has 1 aliphatic heterocycles. The second-order valence-corrected chi connectivity index (χ2v) is 35.9. The van der Waals surface area contributed by atoms with Crippen molar-refractivity contribution in [3.63, 3.8) is 0 Å². The summed E-state index contributed by atoms with van der Waals surface area (Å²) in [5.41, 5.74) is 28.7. The third-order valence-corrected chi connectivity index (χ3v) is 21.5. The molecule has 1 fully saturated rings. The van der Waals surface area contributed by atoms with Gasteiger partial charge in [0.1, 0.15) is 90.6 Å². The zero-order chi connectivity index (χ0) is 98.1. The van der Waals surface area contributed by atoms with Crippen molar-refractivity contribution in [1.82, 2.24) is 79.3 Å². The zero-order valence-corrected chi connectivity index (χ0v) is 78.0. The van der Waals surface area contributed by atoms with Gasteiger partial charge in [-0.25, -0.2) is 4.79 Å². The van der Waals surface area contributed by atoms with E-state index in [2.05, 4.69) is 84.4 Å². The van der Waals surface area contributed by atoms with Crippen LogP contribution in [0.3, 0.4) is 0 Å². The number of benzene rings is 1. The minimum atomic E-state index is -1.84. The van der Waals surface area contributed by atoms with E-state index in [0.29, 0.717) is 18.4 Å². The highest BCUT2D eigenvalue weighted by atomic mass is 16.4. The molecule has 28 N–H and O–H groups in total. The maximum Gasteiger partial charge on any atom is 0.326 e. The van der Waals surface area contributed by atoms with Gasteiger partial charge in [0.2, 0.25) is 88.6 Å². The predicted molar refractivity (Wildman–Crippen MR) is 480 cm³/mol. The fourth-order valence-corrected chi connectivity index (χ4v) is 13.9. The van der Waals surface area contributed by atoms with E-state index in [-0.39, 0.29) is 125 Å². The Kier molecular flexibility index (Phi) is 50.1. The second kappa shape index (κ2) is 56.8. The number of nitrogens with zero attached hydrogens (tertiary/aromatic N) is 3. The van der Waals surface area contributed by atoms with Crippen LogP contribution in [-0.2, 0) is 87.9 Å². The van der Waals surface area contributed by atoms with E-state index in [1.807, 2.05) is 0 Å². The van der Waals surface area contributed by atoms with Gasteiger partial charge in [-0.05, 0) is 137 Å². The monoisotopic (exact) mass is 1830 g/mol. The van der Waals surface area contributed by atoms with Crippen molar-refractivity contribution in [3.05, 3.63) is 35.9 Å². The van der Waals surface area contributed by atoms with E-state index in [1.54, 1.807) is 141 Å². The molecule has 1 aromatic rings. The van der Waals surface area contributed by atoms with Crippen LogP contribution in [-0.4, -0.2) is 267 Å². The Morgan fingerprint density at radius 3 is 1.16 bits per heavy atom. The van der Waals surface area contributed by atoms with Crippen molar-refractivity contribution in [1.29, 1.82) is 0 Å². The molecule has 728 valence electrons. The summed E-state index contributed by atoms with van der Waals surface area (Å²) in [6, 6.07) is -14.4. The maximum atomic E-state index is 14.8. The number of carbonyl (C=O) groups excluding carboxylic acids is 15. The molecule has 15 amide bonds. The minimum Gasteiger partial charge on any atom is -0.481 e. The fraction of sp³-hybridized carbons (Fsp3) is 0.709. The summed E-state index contributed by atoms with van der Waals surface area (Å²) in [6.07, 6.45) is -2.14. The molecule has 43 heteroatoms. The molecule has 1 aliphatic rings. The Labute approximate surface area is 755 Å². The van der Waals surface area contributed by atoms with Crippen LogP contribution in [0.15, 0.2) is 40.3 Å². The van der Waals surface area contributed by atoms with E-state index in [4.69, 9.17) is 28.7 Å². The van der Waals surface area contributed by atoms with Crippen molar-refractivity contribution >= 4 is 112 Å². The quantitative estimate of drug-likeness (QED) is 0.0175. The summed E-state index contributed by atoms with van der Waals surface area (Å²) < 4.78 is 0. The first-order valence-electron chi connectivity index (χ1n) is 44.4. The van der Waals surface area contributed by atoms with Gasteiger partial charge in [-0.3, -0.25) is 86.7 Å². The lowest BCUT2D eigenvalue weighted by Crippen LogP contribution is -2.62. The highest BCUT2D eigenvalue weighted by Gasteiger charge is 2.43. The van der Waals surface area contributed by atoms with Gasteiger partial charge in [0, 0.05) is 32.5 Å². The largest absolute Gasteiger partial charge is 0.481 e. The highest BCUT2D eigenvalue weighted by molar-refractivity contribution is 6.01. The summed E-state index contributed by atoms with van der Waals surface area (Å²) in [6.45, 7) is 29.0. The molecule has 1 aromatic carbocycles. The average Bonchev–Trinajstić information content (AvgIpc) is 1.71. The summed E-state index contributed by atoms with van der Waals surface area (Å²) in [4.78, 5) is 247. The van der Waals surface area contributed by atoms with Gasteiger partial charge in [0.25, 0.3) is 0 Å². The fourth-order valence-electron chi connectivity index (χ4n) is 13.9. The van der Waals surface area contributed by atoms with Gasteiger partial charge in [0.05, 0.1) is 18.8 Å². The Hall–Kier alpha value is -11.4. The average molecular weight is 1830 g/mol. The molecule has 18 atom stereocenters. The lowest BCUT2D eigenvalue weighted by atomic mass is 9.95. The molecule has 0 aromatic heterocycles. The number of aliphatic imine (C=N–C) groups is 2. The first-order chi connectivity index (χ1) is 60.2. The molecule has 1 heterocycles. The van der Waals surface area contributed by atoms with Crippen LogP contribution >= 0.6 is 0 Å². The Morgan fingerprint density at radius 2 is 0.760 bits per heavy atom. The van der Waals surface area contributed by atoms with Crippen LogP contribution in [0.25, 0.3) is 0 Å². The van der Waals surface area contributed by atoms with E-state index in [9.17, 15) is 102 Å². The number of aliphatic hydroxyl groups excluding tert-OH is 2. The number of aliphatic carboxylic acids is 2. The summed E-state index contributed by atoms with van der Waals surface area (Å²) in [7, 11) is 0. The van der Waals surface area contributed by atoms with Crippen molar-refractivity contribution in [2.75, 3.05) is 26.2 Å². The van der Waals surface area contributed by atoms with Crippen LogP contribution in [0.2, 0.25) is 0 Å². The number of hydrogen-bond acceptors (Lipinski definition) is 22. The number of nitrogens with two attached hydrogens (primary N) is 5.